The van der Waals surface area contributed by atoms with Crippen molar-refractivity contribution < 1.29 is 9.50 Å². The zero-order valence-electron chi connectivity index (χ0n) is 11.3. The molecule has 21 heavy (non-hydrogen) atoms. The number of fused-ring (bicyclic) bond motifs is 1. The van der Waals surface area contributed by atoms with Crippen LogP contribution in [0.4, 0.5) is 4.39 Å². The largest absolute Gasteiger partial charge is 0.388 e. The Morgan fingerprint density at radius 1 is 1.00 bits per heavy atom. The molecule has 0 amide bonds. The third-order valence-electron chi connectivity index (χ3n) is 3.62. The molecular formula is C18H14ClFO. The van der Waals surface area contributed by atoms with Gasteiger partial charge in [-0.3, -0.25) is 0 Å². The van der Waals surface area contributed by atoms with Crippen LogP contribution in [0.3, 0.4) is 0 Å². The molecule has 0 radical (unpaired) electrons. The minimum atomic E-state index is -0.714. The van der Waals surface area contributed by atoms with Crippen molar-refractivity contribution >= 4 is 22.4 Å². The fourth-order valence-corrected chi connectivity index (χ4v) is 2.71. The summed E-state index contributed by atoms with van der Waals surface area (Å²) in [7, 11) is 0. The molecule has 1 nitrogen and oxygen atoms in total. The first-order valence-corrected chi connectivity index (χ1v) is 7.12. The van der Waals surface area contributed by atoms with Gasteiger partial charge >= 0.3 is 0 Å². The molecule has 0 aromatic heterocycles. The summed E-state index contributed by atoms with van der Waals surface area (Å²) in [5.74, 6) is -0.474. The van der Waals surface area contributed by atoms with Gasteiger partial charge in [-0.1, -0.05) is 60.1 Å². The number of hydrogen-bond donors (Lipinski definition) is 1. The van der Waals surface area contributed by atoms with Crippen LogP contribution in [-0.4, -0.2) is 5.11 Å². The molecule has 3 rings (SSSR count). The Morgan fingerprint density at radius 3 is 2.57 bits per heavy atom. The van der Waals surface area contributed by atoms with Gasteiger partial charge in [0.05, 0.1) is 11.1 Å². The summed E-state index contributed by atoms with van der Waals surface area (Å²) < 4.78 is 13.2. The molecule has 3 aromatic carbocycles. The van der Waals surface area contributed by atoms with E-state index in [1.165, 1.54) is 12.1 Å². The topological polar surface area (TPSA) is 20.2 Å². The Kier molecular flexibility index (Phi) is 3.91. The Labute approximate surface area is 127 Å². The average Bonchev–Trinajstić information content (AvgIpc) is 2.50. The van der Waals surface area contributed by atoms with Crippen LogP contribution in [0.2, 0.25) is 5.02 Å². The minimum absolute atomic E-state index is 0.0319. The van der Waals surface area contributed by atoms with Crippen LogP contribution >= 0.6 is 11.6 Å². The quantitative estimate of drug-likeness (QED) is 0.729. The third-order valence-corrected chi connectivity index (χ3v) is 3.91. The van der Waals surface area contributed by atoms with Crippen molar-refractivity contribution in [1.29, 1.82) is 0 Å². The fraction of sp³-hybridized carbons (Fsp3) is 0.111. The molecule has 0 aliphatic rings. The van der Waals surface area contributed by atoms with Crippen LogP contribution < -0.4 is 0 Å². The van der Waals surface area contributed by atoms with Gasteiger partial charge in [-0.25, -0.2) is 4.39 Å². The van der Waals surface area contributed by atoms with E-state index in [4.69, 9.17) is 11.6 Å². The first kappa shape index (κ1) is 14.1. The van der Waals surface area contributed by atoms with Gasteiger partial charge in [0.1, 0.15) is 5.82 Å². The summed E-state index contributed by atoms with van der Waals surface area (Å²) in [5, 5.41) is 12.7. The molecule has 3 heteroatoms. The van der Waals surface area contributed by atoms with Crippen LogP contribution in [0, 0.1) is 5.82 Å². The molecule has 0 bridgehead atoms. The molecule has 3 aromatic rings. The Balaban J connectivity index is 1.92. The van der Waals surface area contributed by atoms with Gasteiger partial charge < -0.3 is 5.11 Å². The van der Waals surface area contributed by atoms with Gasteiger partial charge in [0.15, 0.2) is 0 Å². The maximum atomic E-state index is 13.2. The van der Waals surface area contributed by atoms with Gasteiger partial charge in [-0.2, -0.15) is 0 Å². The van der Waals surface area contributed by atoms with Crippen molar-refractivity contribution in [2.24, 2.45) is 0 Å². The molecule has 1 atom stereocenters. The molecule has 1 unspecified atom stereocenters. The van der Waals surface area contributed by atoms with Crippen LogP contribution in [0.15, 0.2) is 60.7 Å². The SMILES string of the molecule is OC(Cc1cccc2ccccc12)c1ccc(F)c(Cl)c1. The highest BCUT2D eigenvalue weighted by molar-refractivity contribution is 6.30. The maximum Gasteiger partial charge on any atom is 0.141 e. The predicted octanol–water partition coefficient (Wildman–Crippen LogP) is 4.91. The lowest BCUT2D eigenvalue weighted by molar-refractivity contribution is 0.179. The van der Waals surface area contributed by atoms with E-state index >= 15 is 0 Å². The van der Waals surface area contributed by atoms with Crippen LogP contribution in [-0.2, 0) is 6.42 Å². The first-order chi connectivity index (χ1) is 10.1. The third kappa shape index (κ3) is 2.92. The van der Waals surface area contributed by atoms with Gasteiger partial charge in [-0.15, -0.1) is 0 Å². The molecule has 0 saturated carbocycles. The van der Waals surface area contributed by atoms with Crippen LogP contribution in [0.5, 0.6) is 0 Å². The van der Waals surface area contributed by atoms with E-state index < -0.39 is 11.9 Å². The van der Waals surface area contributed by atoms with E-state index in [2.05, 4.69) is 0 Å². The molecule has 0 aliphatic heterocycles. The first-order valence-electron chi connectivity index (χ1n) is 6.75. The zero-order valence-corrected chi connectivity index (χ0v) is 12.0. The number of rotatable bonds is 3. The lowest BCUT2D eigenvalue weighted by atomic mass is 9.97. The summed E-state index contributed by atoms with van der Waals surface area (Å²) in [6, 6.07) is 18.4. The number of benzene rings is 3. The summed E-state index contributed by atoms with van der Waals surface area (Å²) in [4.78, 5) is 0. The van der Waals surface area contributed by atoms with E-state index in [9.17, 15) is 9.50 Å². The smallest absolute Gasteiger partial charge is 0.141 e. The highest BCUT2D eigenvalue weighted by Crippen LogP contribution is 2.26. The Morgan fingerprint density at radius 2 is 1.76 bits per heavy atom. The molecule has 106 valence electrons. The standard InChI is InChI=1S/C18H14ClFO/c19-16-10-14(8-9-17(16)20)18(21)11-13-6-3-5-12-4-1-2-7-15(12)13/h1-10,18,21H,11H2. The van der Waals surface area contributed by atoms with E-state index in [0.717, 1.165) is 16.3 Å². The van der Waals surface area contributed by atoms with Crippen molar-refractivity contribution in [1.82, 2.24) is 0 Å². The van der Waals surface area contributed by atoms with Crippen molar-refractivity contribution in [3.05, 3.63) is 82.6 Å². The maximum absolute atomic E-state index is 13.2. The predicted molar refractivity (Wildman–Crippen MR) is 84.0 cm³/mol. The number of aliphatic hydroxyl groups is 1. The van der Waals surface area contributed by atoms with Crippen molar-refractivity contribution in [2.75, 3.05) is 0 Å². The van der Waals surface area contributed by atoms with Crippen molar-refractivity contribution in [3.63, 3.8) is 0 Å². The molecule has 0 aliphatic carbocycles. The molecule has 1 N–H and O–H groups in total. The van der Waals surface area contributed by atoms with Crippen LogP contribution in [0.25, 0.3) is 10.8 Å². The van der Waals surface area contributed by atoms with Gasteiger partial charge in [0.25, 0.3) is 0 Å². The Hall–Kier alpha value is -1.90. The zero-order chi connectivity index (χ0) is 14.8. The van der Waals surface area contributed by atoms with E-state index in [0.29, 0.717) is 12.0 Å². The van der Waals surface area contributed by atoms with Crippen molar-refractivity contribution in [3.8, 4) is 0 Å². The van der Waals surface area contributed by atoms with E-state index in [1.54, 1.807) is 6.07 Å². The van der Waals surface area contributed by atoms with Crippen molar-refractivity contribution in [2.45, 2.75) is 12.5 Å². The second-order valence-electron chi connectivity index (χ2n) is 5.03. The molecular weight excluding hydrogens is 287 g/mol. The highest BCUT2D eigenvalue weighted by atomic mass is 35.5. The normalized spacial score (nSPS) is 12.5. The molecule has 0 spiro atoms. The van der Waals surface area contributed by atoms with E-state index in [1.807, 2.05) is 42.5 Å². The lowest BCUT2D eigenvalue weighted by Crippen LogP contribution is -2.02. The van der Waals surface area contributed by atoms with Gasteiger partial charge in [-0.05, 0) is 34.0 Å². The number of halogens is 2. The van der Waals surface area contributed by atoms with Gasteiger partial charge in [0.2, 0.25) is 0 Å². The van der Waals surface area contributed by atoms with E-state index in [-0.39, 0.29) is 5.02 Å². The Bertz CT molecular complexity index is 780. The van der Waals surface area contributed by atoms with Crippen LogP contribution in [0.1, 0.15) is 17.2 Å². The summed E-state index contributed by atoms with van der Waals surface area (Å²) in [6.45, 7) is 0. The van der Waals surface area contributed by atoms with Gasteiger partial charge in [0, 0.05) is 6.42 Å². The fourth-order valence-electron chi connectivity index (χ4n) is 2.52. The monoisotopic (exact) mass is 300 g/mol. The minimum Gasteiger partial charge on any atom is -0.388 e. The summed E-state index contributed by atoms with van der Waals surface area (Å²) in [5.41, 5.74) is 1.68. The number of hydrogen-bond acceptors (Lipinski definition) is 1. The second-order valence-corrected chi connectivity index (χ2v) is 5.44. The highest BCUT2D eigenvalue weighted by Gasteiger charge is 2.12. The molecule has 0 saturated heterocycles. The summed E-state index contributed by atoms with van der Waals surface area (Å²) >= 11 is 5.77. The number of aliphatic hydroxyl groups excluding tert-OH is 1. The second kappa shape index (κ2) is 5.84. The average molecular weight is 301 g/mol. The molecule has 0 heterocycles. The molecule has 0 fully saturated rings. The summed E-state index contributed by atoms with van der Waals surface area (Å²) in [6.07, 6.45) is -0.252. The lowest BCUT2D eigenvalue weighted by Gasteiger charge is -2.13.